The van der Waals surface area contributed by atoms with Crippen LogP contribution in [0.1, 0.15) is 31.4 Å². The molecule has 0 bridgehead atoms. The predicted octanol–water partition coefficient (Wildman–Crippen LogP) is 3.57. The summed E-state index contributed by atoms with van der Waals surface area (Å²) >= 11 is 6.03. The number of hydrogen-bond acceptors (Lipinski definition) is 3. The highest BCUT2D eigenvalue weighted by Gasteiger charge is 2.26. The summed E-state index contributed by atoms with van der Waals surface area (Å²) in [5, 5.41) is 4.14. The monoisotopic (exact) mass is 503 g/mol. The number of hydrogen-bond donors (Lipinski definition) is 1. The lowest BCUT2D eigenvalue weighted by atomic mass is 10.1. The molecule has 0 radical (unpaired) electrons. The van der Waals surface area contributed by atoms with Gasteiger partial charge in [-0.2, -0.15) is 0 Å². The van der Waals surface area contributed by atoms with Crippen LogP contribution in [-0.2, 0) is 11.3 Å². The molecular formula is C19H27ClIN5O. The van der Waals surface area contributed by atoms with Gasteiger partial charge in [0.2, 0.25) is 0 Å². The molecule has 8 heteroatoms. The maximum atomic E-state index is 6.03. The summed E-state index contributed by atoms with van der Waals surface area (Å²) in [6.07, 6.45) is 9.12. The van der Waals surface area contributed by atoms with Crippen LogP contribution < -0.4 is 5.32 Å². The molecule has 0 aromatic carbocycles. The van der Waals surface area contributed by atoms with Gasteiger partial charge in [0.25, 0.3) is 0 Å². The molecule has 0 unspecified atom stereocenters. The van der Waals surface area contributed by atoms with Crippen LogP contribution in [-0.4, -0.2) is 53.1 Å². The Morgan fingerprint density at radius 1 is 1.26 bits per heavy atom. The largest absolute Gasteiger partial charge is 0.378 e. The molecule has 0 amide bonds. The smallest absolute Gasteiger partial charge is 0.193 e. The van der Waals surface area contributed by atoms with E-state index in [-0.39, 0.29) is 24.0 Å². The van der Waals surface area contributed by atoms with Gasteiger partial charge in [-0.1, -0.05) is 11.6 Å². The molecule has 2 aliphatic rings. The molecule has 2 fully saturated rings. The Labute approximate surface area is 182 Å². The van der Waals surface area contributed by atoms with Crippen molar-refractivity contribution in [2.75, 3.05) is 26.7 Å². The molecule has 0 spiro atoms. The third kappa shape index (κ3) is 5.48. The quantitative estimate of drug-likeness (QED) is 0.385. The molecule has 0 atom stereocenters. The molecule has 2 aromatic rings. The minimum atomic E-state index is 0. The van der Waals surface area contributed by atoms with E-state index in [0.717, 1.165) is 55.8 Å². The first-order valence-electron chi connectivity index (χ1n) is 9.41. The second-order valence-corrected chi connectivity index (χ2v) is 7.65. The van der Waals surface area contributed by atoms with Crippen LogP contribution in [0.5, 0.6) is 0 Å². The van der Waals surface area contributed by atoms with Crippen molar-refractivity contribution in [3.8, 4) is 0 Å². The lowest BCUT2D eigenvalue weighted by molar-refractivity contribution is 0.0131. The number of likely N-dealkylation sites (tertiary alicyclic amines) is 1. The summed E-state index contributed by atoms with van der Waals surface area (Å²) in [6.45, 7) is 3.56. The first-order valence-corrected chi connectivity index (χ1v) is 9.79. The van der Waals surface area contributed by atoms with Crippen molar-refractivity contribution in [1.82, 2.24) is 19.6 Å². The molecule has 1 N–H and O–H groups in total. The molecule has 148 valence electrons. The van der Waals surface area contributed by atoms with E-state index in [4.69, 9.17) is 16.3 Å². The van der Waals surface area contributed by atoms with Gasteiger partial charge in [-0.15, -0.1) is 24.0 Å². The average Bonchev–Trinajstić information content (AvgIpc) is 3.40. The number of piperidine rings is 1. The molecule has 1 saturated heterocycles. The Morgan fingerprint density at radius 3 is 2.74 bits per heavy atom. The topological polar surface area (TPSA) is 54.2 Å². The Kier molecular flexibility index (Phi) is 7.22. The summed E-state index contributed by atoms with van der Waals surface area (Å²) in [6, 6.07) is 3.78. The first-order chi connectivity index (χ1) is 12.7. The van der Waals surface area contributed by atoms with Crippen LogP contribution in [0.2, 0.25) is 5.02 Å². The summed E-state index contributed by atoms with van der Waals surface area (Å²) in [5.74, 6) is 1.77. The highest BCUT2D eigenvalue weighted by Crippen LogP contribution is 2.30. The second kappa shape index (κ2) is 9.43. The maximum absolute atomic E-state index is 6.03. The average molecular weight is 504 g/mol. The van der Waals surface area contributed by atoms with Gasteiger partial charge in [0, 0.05) is 39.1 Å². The van der Waals surface area contributed by atoms with Gasteiger partial charge in [0.1, 0.15) is 5.65 Å². The number of fused-ring (bicyclic) bond motifs is 1. The van der Waals surface area contributed by atoms with Crippen molar-refractivity contribution in [2.45, 2.75) is 38.3 Å². The van der Waals surface area contributed by atoms with Crippen molar-refractivity contribution in [1.29, 1.82) is 0 Å². The van der Waals surface area contributed by atoms with E-state index in [1.807, 2.05) is 36.0 Å². The van der Waals surface area contributed by atoms with Gasteiger partial charge < -0.3 is 19.4 Å². The number of aliphatic imine (C=N–C) groups is 1. The van der Waals surface area contributed by atoms with Gasteiger partial charge in [-0.3, -0.25) is 4.99 Å². The van der Waals surface area contributed by atoms with E-state index in [2.05, 4.69) is 20.2 Å². The zero-order valence-corrected chi connectivity index (χ0v) is 18.7. The number of rotatable bonds is 5. The Balaban J connectivity index is 0.00000210. The van der Waals surface area contributed by atoms with Gasteiger partial charge >= 0.3 is 0 Å². The number of halogens is 2. The zero-order valence-electron chi connectivity index (χ0n) is 15.6. The Bertz CT molecular complexity index is 783. The summed E-state index contributed by atoms with van der Waals surface area (Å²) < 4.78 is 7.98. The number of nitrogens with zero attached hydrogens (tertiary/aromatic N) is 4. The van der Waals surface area contributed by atoms with Crippen molar-refractivity contribution in [3.05, 3.63) is 35.2 Å². The molecule has 6 nitrogen and oxygen atoms in total. The fourth-order valence-corrected chi connectivity index (χ4v) is 3.56. The minimum Gasteiger partial charge on any atom is -0.378 e. The normalized spacial score (nSPS) is 18.6. The van der Waals surface area contributed by atoms with Crippen LogP contribution in [0, 0.1) is 5.92 Å². The third-order valence-corrected chi connectivity index (χ3v) is 5.33. The predicted molar refractivity (Wildman–Crippen MR) is 119 cm³/mol. The fourth-order valence-electron chi connectivity index (χ4n) is 3.40. The highest BCUT2D eigenvalue weighted by molar-refractivity contribution is 14.0. The number of pyridine rings is 1. The van der Waals surface area contributed by atoms with Crippen molar-refractivity contribution in [2.24, 2.45) is 10.9 Å². The maximum Gasteiger partial charge on any atom is 0.193 e. The minimum absolute atomic E-state index is 0. The molecule has 27 heavy (non-hydrogen) atoms. The summed E-state index contributed by atoms with van der Waals surface area (Å²) in [7, 11) is 1.83. The molecular weight excluding hydrogens is 477 g/mol. The third-order valence-electron chi connectivity index (χ3n) is 5.11. The lowest BCUT2D eigenvalue weighted by Gasteiger charge is -2.34. The van der Waals surface area contributed by atoms with E-state index in [1.54, 1.807) is 0 Å². The number of imidazole rings is 1. The SMILES string of the molecule is CN=C(NCc1cn2cc(Cl)ccc2n1)N1CCC(OCC2CC2)CC1.I. The number of ether oxygens (including phenoxy) is 1. The number of aromatic nitrogens is 2. The van der Waals surface area contributed by atoms with Gasteiger partial charge in [-0.05, 0) is 43.7 Å². The zero-order chi connectivity index (χ0) is 17.9. The van der Waals surface area contributed by atoms with E-state index in [9.17, 15) is 0 Å². The first kappa shape index (κ1) is 20.7. The standard InChI is InChI=1S/C19H26ClN5O.HI/c1-21-19(24-8-6-17(7-9-24)26-13-14-2-3-14)22-10-16-12-25-11-15(20)4-5-18(25)23-16;/h4-5,11-12,14,17H,2-3,6-10,13H2,1H3,(H,21,22);1H. The van der Waals surface area contributed by atoms with Crippen molar-refractivity contribution < 1.29 is 4.74 Å². The van der Waals surface area contributed by atoms with Crippen LogP contribution >= 0.6 is 35.6 Å². The van der Waals surface area contributed by atoms with Crippen LogP contribution in [0.25, 0.3) is 5.65 Å². The number of nitrogens with one attached hydrogen (secondary N) is 1. The van der Waals surface area contributed by atoms with Gasteiger partial charge in [0.15, 0.2) is 5.96 Å². The van der Waals surface area contributed by atoms with E-state index >= 15 is 0 Å². The molecule has 1 aliphatic heterocycles. The fraction of sp³-hybridized carbons (Fsp3) is 0.579. The van der Waals surface area contributed by atoms with Gasteiger partial charge in [0.05, 0.1) is 23.4 Å². The van der Waals surface area contributed by atoms with E-state index < -0.39 is 0 Å². The summed E-state index contributed by atoms with van der Waals surface area (Å²) in [4.78, 5) is 11.4. The van der Waals surface area contributed by atoms with Crippen molar-refractivity contribution in [3.63, 3.8) is 0 Å². The molecule has 2 aromatic heterocycles. The highest BCUT2D eigenvalue weighted by atomic mass is 127. The molecule has 3 heterocycles. The molecule has 4 rings (SSSR count). The van der Waals surface area contributed by atoms with Crippen LogP contribution in [0.15, 0.2) is 29.5 Å². The van der Waals surface area contributed by atoms with E-state index in [1.165, 1.54) is 12.8 Å². The Morgan fingerprint density at radius 2 is 2.04 bits per heavy atom. The summed E-state index contributed by atoms with van der Waals surface area (Å²) in [5.41, 5.74) is 1.87. The van der Waals surface area contributed by atoms with E-state index in [0.29, 0.717) is 17.7 Å². The molecule has 1 saturated carbocycles. The lowest BCUT2D eigenvalue weighted by Crippen LogP contribution is -2.46. The van der Waals surface area contributed by atoms with Gasteiger partial charge in [-0.25, -0.2) is 4.98 Å². The molecule has 1 aliphatic carbocycles. The Hall–Kier alpha value is -1.06. The van der Waals surface area contributed by atoms with Crippen molar-refractivity contribution >= 4 is 47.2 Å². The number of guanidine groups is 1. The van der Waals surface area contributed by atoms with Crippen LogP contribution in [0.4, 0.5) is 0 Å². The van der Waals surface area contributed by atoms with Crippen LogP contribution in [0.3, 0.4) is 0 Å². The second-order valence-electron chi connectivity index (χ2n) is 7.21.